The molecule has 0 fully saturated rings. The minimum atomic E-state index is -3.03. The fourth-order valence-electron chi connectivity index (χ4n) is 2.09. The highest BCUT2D eigenvalue weighted by molar-refractivity contribution is 7.90. The number of rotatable bonds is 7. The lowest BCUT2D eigenvalue weighted by atomic mass is 10.1. The van der Waals surface area contributed by atoms with Gasteiger partial charge in [0.05, 0.1) is 11.5 Å². The molecule has 0 heterocycles. The van der Waals surface area contributed by atoms with Crippen LogP contribution >= 0.6 is 0 Å². The van der Waals surface area contributed by atoms with Gasteiger partial charge in [0.1, 0.15) is 0 Å². The van der Waals surface area contributed by atoms with Crippen LogP contribution < -0.4 is 0 Å². The van der Waals surface area contributed by atoms with Crippen LogP contribution in [0.25, 0.3) is 0 Å². The van der Waals surface area contributed by atoms with Crippen LogP contribution in [0, 0.1) is 13.8 Å². The summed E-state index contributed by atoms with van der Waals surface area (Å²) in [6, 6.07) is 5.90. The van der Waals surface area contributed by atoms with E-state index in [0.29, 0.717) is 12.8 Å². The molecule has 1 rings (SSSR count). The van der Waals surface area contributed by atoms with Crippen LogP contribution in [0.4, 0.5) is 0 Å². The average molecular weight is 270 g/mol. The monoisotopic (exact) mass is 270 g/mol. The van der Waals surface area contributed by atoms with E-state index in [-0.39, 0.29) is 18.1 Å². The lowest BCUT2D eigenvalue weighted by molar-refractivity contribution is 0.284. The van der Waals surface area contributed by atoms with Crippen molar-refractivity contribution in [3.63, 3.8) is 0 Å². The van der Waals surface area contributed by atoms with E-state index in [1.165, 1.54) is 0 Å². The van der Waals surface area contributed by atoms with Crippen molar-refractivity contribution in [2.75, 3.05) is 12.4 Å². The number of unbranched alkanes of at least 4 members (excludes halogenated alkanes) is 2. The van der Waals surface area contributed by atoms with Gasteiger partial charge in [-0.05, 0) is 32.3 Å². The summed E-state index contributed by atoms with van der Waals surface area (Å²) in [4.78, 5) is 0. The zero-order chi connectivity index (χ0) is 13.6. The van der Waals surface area contributed by atoms with Gasteiger partial charge in [-0.15, -0.1) is 0 Å². The van der Waals surface area contributed by atoms with E-state index in [1.54, 1.807) is 0 Å². The standard InChI is InChI=1S/C14H22O3S/c1-12-8-13(2)10-14(9-12)11-18(16,17)7-5-3-4-6-15/h8-10,15H,3-7,11H2,1-2H3. The van der Waals surface area contributed by atoms with Crippen molar-refractivity contribution in [1.29, 1.82) is 0 Å². The highest BCUT2D eigenvalue weighted by Gasteiger charge is 2.12. The molecule has 3 nitrogen and oxygen atoms in total. The first-order chi connectivity index (χ1) is 8.43. The molecule has 0 amide bonds. The minimum Gasteiger partial charge on any atom is -0.396 e. The zero-order valence-electron chi connectivity index (χ0n) is 11.1. The van der Waals surface area contributed by atoms with Crippen LogP contribution in [0.5, 0.6) is 0 Å². The van der Waals surface area contributed by atoms with Gasteiger partial charge in [0.15, 0.2) is 9.84 Å². The van der Waals surface area contributed by atoms with Gasteiger partial charge in [-0.1, -0.05) is 35.7 Å². The predicted octanol–water partition coefficient (Wildman–Crippen LogP) is 2.38. The van der Waals surface area contributed by atoms with E-state index in [0.717, 1.165) is 23.1 Å². The summed E-state index contributed by atoms with van der Waals surface area (Å²) in [5, 5.41) is 8.64. The maximum atomic E-state index is 11.9. The second-order valence-corrected chi connectivity index (χ2v) is 7.06. The molecule has 0 unspecified atom stereocenters. The van der Waals surface area contributed by atoms with Crippen molar-refractivity contribution >= 4 is 9.84 Å². The Bertz CT molecular complexity index is 458. The Labute approximate surface area is 110 Å². The summed E-state index contributed by atoms with van der Waals surface area (Å²) in [7, 11) is -3.03. The summed E-state index contributed by atoms with van der Waals surface area (Å²) < 4.78 is 23.8. The van der Waals surface area contributed by atoms with E-state index >= 15 is 0 Å². The quantitative estimate of drug-likeness (QED) is 0.774. The van der Waals surface area contributed by atoms with E-state index in [1.807, 2.05) is 32.0 Å². The van der Waals surface area contributed by atoms with Crippen molar-refractivity contribution < 1.29 is 13.5 Å². The molecule has 1 N–H and O–H groups in total. The molecule has 102 valence electrons. The Morgan fingerprint density at radius 2 is 1.61 bits per heavy atom. The Morgan fingerprint density at radius 1 is 1.00 bits per heavy atom. The van der Waals surface area contributed by atoms with Gasteiger partial charge < -0.3 is 5.11 Å². The molecule has 0 bridgehead atoms. The van der Waals surface area contributed by atoms with E-state index in [4.69, 9.17) is 5.11 Å². The lowest BCUT2D eigenvalue weighted by Crippen LogP contribution is -2.10. The third-order valence-electron chi connectivity index (χ3n) is 2.78. The molecule has 4 heteroatoms. The highest BCUT2D eigenvalue weighted by atomic mass is 32.2. The third kappa shape index (κ3) is 5.65. The van der Waals surface area contributed by atoms with Gasteiger partial charge in [0, 0.05) is 6.61 Å². The fraction of sp³-hybridized carbons (Fsp3) is 0.571. The number of hydrogen-bond acceptors (Lipinski definition) is 3. The van der Waals surface area contributed by atoms with Crippen LogP contribution in [0.2, 0.25) is 0 Å². The van der Waals surface area contributed by atoms with Crippen molar-refractivity contribution in [2.45, 2.75) is 38.9 Å². The Morgan fingerprint density at radius 3 is 2.17 bits per heavy atom. The van der Waals surface area contributed by atoms with Crippen LogP contribution in [-0.2, 0) is 15.6 Å². The molecular formula is C14H22O3S. The van der Waals surface area contributed by atoms with E-state index in [2.05, 4.69) is 0 Å². The molecule has 0 saturated heterocycles. The van der Waals surface area contributed by atoms with Gasteiger partial charge in [-0.3, -0.25) is 0 Å². The van der Waals surface area contributed by atoms with Crippen molar-refractivity contribution in [2.24, 2.45) is 0 Å². The summed E-state index contributed by atoms with van der Waals surface area (Å²) in [5.74, 6) is 0.328. The number of aryl methyl sites for hydroxylation is 2. The molecule has 1 aromatic carbocycles. The van der Waals surface area contributed by atoms with Crippen LogP contribution in [-0.4, -0.2) is 25.9 Å². The van der Waals surface area contributed by atoms with Crippen LogP contribution in [0.3, 0.4) is 0 Å². The van der Waals surface area contributed by atoms with Crippen molar-refractivity contribution in [3.05, 3.63) is 34.9 Å². The van der Waals surface area contributed by atoms with E-state index in [9.17, 15) is 8.42 Å². The first kappa shape index (κ1) is 15.2. The molecule has 0 aliphatic heterocycles. The Kier molecular flexibility index (Phi) is 5.82. The molecule has 1 aromatic rings. The van der Waals surface area contributed by atoms with Gasteiger partial charge in [-0.2, -0.15) is 0 Å². The second-order valence-electron chi connectivity index (χ2n) is 4.87. The van der Waals surface area contributed by atoms with Gasteiger partial charge >= 0.3 is 0 Å². The third-order valence-corrected chi connectivity index (χ3v) is 4.47. The van der Waals surface area contributed by atoms with E-state index < -0.39 is 9.84 Å². The minimum absolute atomic E-state index is 0.120. The molecule has 0 radical (unpaired) electrons. The molecular weight excluding hydrogens is 248 g/mol. The summed E-state index contributed by atoms with van der Waals surface area (Å²) >= 11 is 0. The fourth-order valence-corrected chi connectivity index (χ4v) is 3.55. The van der Waals surface area contributed by atoms with Crippen molar-refractivity contribution in [1.82, 2.24) is 0 Å². The van der Waals surface area contributed by atoms with Crippen LogP contribution in [0.1, 0.15) is 36.0 Å². The molecule has 0 aromatic heterocycles. The van der Waals surface area contributed by atoms with Gasteiger partial charge in [0.2, 0.25) is 0 Å². The number of aliphatic hydroxyl groups is 1. The summed E-state index contributed by atoms with van der Waals surface area (Å²) in [6.07, 6.45) is 2.08. The molecule has 0 atom stereocenters. The predicted molar refractivity (Wildman–Crippen MR) is 74.3 cm³/mol. The number of hydrogen-bond donors (Lipinski definition) is 1. The lowest BCUT2D eigenvalue weighted by Gasteiger charge is -2.06. The largest absolute Gasteiger partial charge is 0.396 e. The Balaban J connectivity index is 2.59. The molecule has 0 aliphatic carbocycles. The maximum Gasteiger partial charge on any atom is 0.154 e. The Hall–Kier alpha value is -0.870. The normalized spacial score (nSPS) is 11.7. The molecule has 0 saturated carbocycles. The first-order valence-electron chi connectivity index (χ1n) is 6.31. The molecule has 18 heavy (non-hydrogen) atoms. The molecule has 0 spiro atoms. The van der Waals surface area contributed by atoms with Gasteiger partial charge in [0.25, 0.3) is 0 Å². The summed E-state index contributed by atoms with van der Waals surface area (Å²) in [6.45, 7) is 4.09. The smallest absolute Gasteiger partial charge is 0.154 e. The topological polar surface area (TPSA) is 54.4 Å². The zero-order valence-corrected chi connectivity index (χ0v) is 12.0. The first-order valence-corrected chi connectivity index (χ1v) is 8.13. The molecule has 0 aliphatic rings. The number of benzene rings is 1. The number of aliphatic hydroxyl groups excluding tert-OH is 1. The summed E-state index contributed by atoms with van der Waals surface area (Å²) in [5.41, 5.74) is 3.07. The van der Waals surface area contributed by atoms with Crippen LogP contribution in [0.15, 0.2) is 18.2 Å². The average Bonchev–Trinajstić information content (AvgIpc) is 2.22. The second kappa shape index (κ2) is 6.90. The van der Waals surface area contributed by atoms with Crippen molar-refractivity contribution in [3.8, 4) is 0 Å². The number of sulfone groups is 1. The maximum absolute atomic E-state index is 11.9. The highest BCUT2D eigenvalue weighted by Crippen LogP contribution is 2.13. The SMILES string of the molecule is Cc1cc(C)cc(CS(=O)(=O)CCCCCO)c1. The van der Waals surface area contributed by atoms with Gasteiger partial charge in [-0.25, -0.2) is 8.42 Å².